The molecule has 1 aromatic rings. The van der Waals surface area contributed by atoms with Gasteiger partial charge in [-0.1, -0.05) is 12.1 Å². The lowest BCUT2D eigenvalue weighted by Crippen LogP contribution is -2.30. The van der Waals surface area contributed by atoms with Crippen LogP contribution in [0.25, 0.3) is 0 Å². The van der Waals surface area contributed by atoms with Gasteiger partial charge in [0.25, 0.3) is 0 Å². The first-order valence-electron chi connectivity index (χ1n) is 5.54. The van der Waals surface area contributed by atoms with Gasteiger partial charge in [-0.15, -0.1) is 0 Å². The predicted octanol–water partition coefficient (Wildman–Crippen LogP) is 2.26. The second-order valence-corrected chi connectivity index (χ2v) is 3.92. The number of benzene rings is 1. The Kier molecular flexibility index (Phi) is 3.57. The fraction of sp³-hybridized carbons (Fsp3) is 0.385. The van der Waals surface area contributed by atoms with Crippen molar-refractivity contribution < 1.29 is 9.13 Å². The lowest BCUT2D eigenvalue weighted by molar-refractivity contribution is 0.217. The largest absolute Gasteiger partial charge is 0.496 e. The van der Waals surface area contributed by atoms with Gasteiger partial charge in [-0.25, -0.2) is 4.39 Å². The summed E-state index contributed by atoms with van der Waals surface area (Å²) in [5, 5.41) is 3.22. The van der Waals surface area contributed by atoms with E-state index in [1.165, 1.54) is 12.1 Å². The summed E-state index contributed by atoms with van der Waals surface area (Å²) in [6, 6.07) is 6.80. The maximum Gasteiger partial charge on any atom is 0.123 e. The number of nitrogens with one attached hydrogen (secondary N) is 1. The molecule has 3 heteroatoms. The predicted molar refractivity (Wildman–Crippen MR) is 61.6 cm³/mol. The monoisotopic (exact) mass is 221 g/mol. The van der Waals surface area contributed by atoms with Crippen LogP contribution < -0.4 is 5.32 Å². The standard InChI is InChI=1S/C13H16FNO/c1-15-12(13-3-2-8-16-13)9-10-4-6-11(14)7-5-10/h3-7,12,15H,2,8-9H2,1H3. The van der Waals surface area contributed by atoms with Gasteiger partial charge in [-0.3, -0.25) is 0 Å². The Morgan fingerprint density at radius 3 is 2.69 bits per heavy atom. The van der Waals surface area contributed by atoms with Crippen molar-refractivity contribution in [2.45, 2.75) is 18.9 Å². The Hall–Kier alpha value is -1.35. The van der Waals surface area contributed by atoms with Gasteiger partial charge in [0, 0.05) is 6.42 Å². The Morgan fingerprint density at radius 2 is 2.12 bits per heavy atom. The molecule has 1 aliphatic rings. The van der Waals surface area contributed by atoms with Crippen LogP contribution in [-0.2, 0) is 11.2 Å². The molecule has 0 bridgehead atoms. The van der Waals surface area contributed by atoms with Crippen LogP contribution in [0.5, 0.6) is 0 Å². The van der Waals surface area contributed by atoms with Gasteiger partial charge in [0.2, 0.25) is 0 Å². The second-order valence-electron chi connectivity index (χ2n) is 3.92. The number of rotatable bonds is 4. The Labute approximate surface area is 95.1 Å². The molecule has 0 amide bonds. The first-order valence-corrected chi connectivity index (χ1v) is 5.54. The van der Waals surface area contributed by atoms with Gasteiger partial charge in [-0.05, 0) is 37.2 Å². The minimum Gasteiger partial charge on any atom is -0.496 e. The molecule has 0 aliphatic carbocycles. The van der Waals surface area contributed by atoms with Crippen LogP contribution in [0.4, 0.5) is 4.39 Å². The van der Waals surface area contributed by atoms with E-state index in [4.69, 9.17) is 4.74 Å². The molecule has 0 fully saturated rings. The summed E-state index contributed by atoms with van der Waals surface area (Å²) >= 11 is 0. The Bertz CT molecular complexity index is 372. The van der Waals surface area contributed by atoms with Gasteiger partial charge < -0.3 is 10.1 Å². The highest BCUT2D eigenvalue weighted by Crippen LogP contribution is 2.17. The van der Waals surface area contributed by atoms with Crippen molar-refractivity contribution in [1.82, 2.24) is 5.32 Å². The van der Waals surface area contributed by atoms with Crippen LogP contribution in [0.2, 0.25) is 0 Å². The maximum absolute atomic E-state index is 12.8. The summed E-state index contributed by atoms with van der Waals surface area (Å²) in [7, 11) is 1.91. The van der Waals surface area contributed by atoms with E-state index in [-0.39, 0.29) is 11.9 Å². The lowest BCUT2D eigenvalue weighted by atomic mass is 10.0. The van der Waals surface area contributed by atoms with Crippen molar-refractivity contribution in [3.8, 4) is 0 Å². The molecule has 2 nitrogen and oxygen atoms in total. The lowest BCUT2D eigenvalue weighted by Gasteiger charge is -2.17. The summed E-state index contributed by atoms with van der Waals surface area (Å²) in [4.78, 5) is 0. The van der Waals surface area contributed by atoms with Gasteiger partial charge in [0.1, 0.15) is 11.6 Å². The molecule has 0 aromatic heterocycles. The number of ether oxygens (including phenoxy) is 1. The molecule has 0 saturated carbocycles. The summed E-state index contributed by atoms with van der Waals surface area (Å²) in [6.45, 7) is 0.775. The SMILES string of the molecule is CNC(Cc1ccc(F)cc1)C1=CCCO1. The van der Waals surface area contributed by atoms with Crippen LogP contribution in [0.3, 0.4) is 0 Å². The van der Waals surface area contributed by atoms with Crippen LogP contribution in [0.1, 0.15) is 12.0 Å². The zero-order valence-corrected chi connectivity index (χ0v) is 9.37. The van der Waals surface area contributed by atoms with Gasteiger partial charge in [0.05, 0.1) is 12.6 Å². The summed E-state index contributed by atoms with van der Waals surface area (Å²) in [5.74, 6) is 0.813. The number of hydrogen-bond donors (Lipinski definition) is 1. The van der Waals surface area contributed by atoms with Crippen molar-refractivity contribution >= 4 is 0 Å². The molecule has 1 heterocycles. The van der Waals surface area contributed by atoms with E-state index < -0.39 is 0 Å². The zero-order valence-electron chi connectivity index (χ0n) is 9.37. The third-order valence-corrected chi connectivity index (χ3v) is 2.78. The highest BCUT2D eigenvalue weighted by atomic mass is 19.1. The third-order valence-electron chi connectivity index (χ3n) is 2.78. The molecule has 1 aliphatic heterocycles. The topological polar surface area (TPSA) is 21.3 Å². The molecule has 1 unspecified atom stereocenters. The Morgan fingerprint density at radius 1 is 1.38 bits per heavy atom. The summed E-state index contributed by atoms with van der Waals surface area (Å²) in [5.41, 5.74) is 1.11. The molecule has 0 saturated heterocycles. The van der Waals surface area contributed by atoms with Crippen molar-refractivity contribution in [2.75, 3.05) is 13.7 Å². The molecule has 1 N–H and O–H groups in total. The van der Waals surface area contributed by atoms with Crippen molar-refractivity contribution in [3.05, 3.63) is 47.5 Å². The van der Waals surface area contributed by atoms with Crippen LogP contribution in [-0.4, -0.2) is 19.7 Å². The average Bonchev–Trinajstić information content (AvgIpc) is 2.82. The average molecular weight is 221 g/mol. The maximum atomic E-state index is 12.8. The molecule has 16 heavy (non-hydrogen) atoms. The molecule has 1 atom stereocenters. The summed E-state index contributed by atoms with van der Waals surface area (Å²) in [6.07, 6.45) is 3.92. The smallest absolute Gasteiger partial charge is 0.123 e. The van der Waals surface area contributed by atoms with E-state index in [0.717, 1.165) is 30.8 Å². The third kappa shape index (κ3) is 2.61. The minimum atomic E-state index is -0.193. The molecule has 2 rings (SSSR count). The summed E-state index contributed by atoms with van der Waals surface area (Å²) < 4.78 is 18.3. The highest BCUT2D eigenvalue weighted by Gasteiger charge is 2.17. The van der Waals surface area contributed by atoms with Gasteiger partial charge in [0.15, 0.2) is 0 Å². The van der Waals surface area contributed by atoms with Gasteiger partial charge in [-0.2, -0.15) is 0 Å². The molecule has 0 spiro atoms. The fourth-order valence-corrected chi connectivity index (χ4v) is 1.88. The van der Waals surface area contributed by atoms with Crippen LogP contribution >= 0.6 is 0 Å². The fourth-order valence-electron chi connectivity index (χ4n) is 1.88. The number of hydrogen-bond acceptors (Lipinski definition) is 2. The molecule has 86 valence electrons. The molecular weight excluding hydrogens is 205 g/mol. The van der Waals surface area contributed by atoms with Crippen molar-refractivity contribution in [3.63, 3.8) is 0 Å². The molecule has 0 radical (unpaired) electrons. The minimum absolute atomic E-state index is 0.188. The van der Waals surface area contributed by atoms with Crippen molar-refractivity contribution in [1.29, 1.82) is 0 Å². The normalized spacial score (nSPS) is 16.8. The van der Waals surface area contributed by atoms with Gasteiger partial charge >= 0.3 is 0 Å². The zero-order chi connectivity index (χ0) is 11.4. The number of halogens is 1. The van der Waals surface area contributed by atoms with E-state index in [1.54, 1.807) is 0 Å². The molecule has 1 aromatic carbocycles. The van der Waals surface area contributed by atoms with Crippen LogP contribution in [0, 0.1) is 5.82 Å². The second kappa shape index (κ2) is 5.12. The number of likely N-dealkylation sites (N-methyl/N-ethyl adjacent to an activating group) is 1. The van der Waals surface area contributed by atoms with E-state index in [2.05, 4.69) is 11.4 Å². The Balaban J connectivity index is 2.03. The van der Waals surface area contributed by atoms with E-state index >= 15 is 0 Å². The molecular formula is C13H16FNO. The highest BCUT2D eigenvalue weighted by molar-refractivity contribution is 5.20. The quantitative estimate of drug-likeness (QED) is 0.842. The van der Waals surface area contributed by atoms with E-state index in [9.17, 15) is 4.39 Å². The van der Waals surface area contributed by atoms with E-state index in [0.29, 0.717) is 0 Å². The first kappa shape index (κ1) is 11.1. The van der Waals surface area contributed by atoms with Crippen LogP contribution in [0.15, 0.2) is 36.1 Å². The van der Waals surface area contributed by atoms with E-state index in [1.807, 2.05) is 19.2 Å². The first-order chi connectivity index (χ1) is 7.79. The van der Waals surface area contributed by atoms with Crippen molar-refractivity contribution in [2.24, 2.45) is 0 Å².